The third-order valence-electron chi connectivity index (χ3n) is 4.87. The van der Waals surface area contributed by atoms with E-state index in [9.17, 15) is 4.79 Å². The van der Waals surface area contributed by atoms with Crippen molar-refractivity contribution >= 4 is 21.8 Å². The lowest BCUT2D eigenvalue weighted by atomic mass is 9.95. The van der Waals surface area contributed by atoms with Crippen LogP contribution < -0.4 is 0 Å². The standard InChI is InChI=1S/C18H25BrN2O/c19-17-9-3-2-7-15(17)13-20-10-6-8-16(14-20)18(22)21-11-4-1-5-12-21/h2-3,7,9,16H,1,4-6,8,10-14H2/t16-/m1/s1. The van der Waals surface area contributed by atoms with Gasteiger partial charge in [-0.2, -0.15) is 0 Å². The molecule has 0 aromatic heterocycles. The first-order chi connectivity index (χ1) is 10.7. The van der Waals surface area contributed by atoms with E-state index in [0.717, 1.165) is 45.6 Å². The van der Waals surface area contributed by atoms with Gasteiger partial charge in [0.15, 0.2) is 0 Å². The van der Waals surface area contributed by atoms with Crippen molar-refractivity contribution in [2.45, 2.75) is 38.6 Å². The summed E-state index contributed by atoms with van der Waals surface area (Å²) in [6, 6.07) is 8.39. The van der Waals surface area contributed by atoms with E-state index in [-0.39, 0.29) is 5.92 Å². The minimum absolute atomic E-state index is 0.203. The van der Waals surface area contributed by atoms with Gasteiger partial charge in [-0.25, -0.2) is 0 Å². The molecule has 2 aliphatic heterocycles. The third kappa shape index (κ3) is 3.90. The Morgan fingerprint density at radius 3 is 2.64 bits per heavy atom. The second kappa shape index (κ2) is 7.60. The highest BCUT2D eigenvalue weighted by atomic mass is 79.9. The molecule has 2 heterocycles. The summed E-state index contributed by atoms with van der Waals surface area (Å²) in [5, 5.41) is 0. The molecule has 0 spiro atoms. The van der Waals surface area contributed by atoms with Crippen molar-refractivity contribution in [3.8, 4) is 0 Å². The Labute approximate surface area is 141 Å². The molecular formula is C18H25BrN2O. The second-order valence-corrected chi connectivity index (χ2v) is 7.41. The molecule has 3 nitrogen and oxygen atoms in total. The highest BCUT2D eigenvalue weighted by Gasteiger charge is 2.29. The number of hydrogen-bond acceptors (Lipinski definition) is 2. The van der Waals surface area contributed by atoms with E-state index in [1.54, 1.807) is 0 Å². The average Bonchev–Trinajstić information content (AvgIpc) is 2.57. The van der Waals surface area contributed by atoms with Gasteiger partial charge in [0.2, 0.25) is 5.91 Å². The van der Waals surface area contributed by atoms with Crippen LogP contribution in [-0.2, 0) is 11.3 Å². The van der Waals surface area contributed by atoms with Gasteiger partial charge in [0, 0.05) is 30.7 Å². The third-order valence-corrected chi connectivity index (χ3v) is 5.65. The smallest absolute Gasteiger partial charge is 0.226 e. The summed E-state index contributed by atoms with van der Waals surface area (Å²) < 4.78 is 1.17. The fourth-order valence-corrected chi connectivity index (χ4v) is 4.05. The van der Waals surface area contributed by atoms with Crippen LogP contribution in [0.5, 0.6) is 0 Å². The van der Waals surface area contributed by atoms with E-state index in [1.807, 2.05) is 6.07 Å². The summed E-state index contributed by atoms with van der Waals surface area (Å²) in [6.07, 6.45) is 5.83. The molecule has 1 aromatic carbocycles. The fourth-order valence-electron chi connectivity index (χ4n) is 3.64. The molecule has 1 amide bonds. The molecule has 0 bridgehead atoms. The normalized spacial score (nSPS) is 23.5. The maximum Gasteiger partial charge on any atom is 0.226 e. The van der Waals surface area contributed by atoms with E-state index in [0.29, 0.717) is 5.91 Å². The van der Waals surface area contributed by atoms with Crippen LogP contribution in [0.3, 0.4) is 0 Å². The summed E-state index contributed by atoms with van der Waals surface area (Å²) in [7, 11) is 0. The quantitative estimate of drug-likeness (QED) is 0.816. The Morgan fingerprint density at radius 1 is 1.09 bits per heavy atom. The molecule has 120 valence electrons. The average molecular weight is 365 g/mol. The highest BCUT2D eigenvalue weighted by Crippen LogP contribution is 2.24. The van der Waals surface area contributed by atoms with Gasteiger partial charge in [0.25, 0.3) is 0 Å². The lowest BCUT2D eigenvalue weighted by molar-refractivity contribution is -0.138. The molecule has 1 aromatic rings. The highest BCUT2D eigenvalue weighted by molar-refractivity contribution is 9.10. The number of amides is 1. The van der Waals surface area contributed by atoms with Gasteiger partial charge in [-0.15, -0.1) is 0 Å². The fraction of sp³-hybridized carbons (Fsp3) is 0.611. The van der Waals surface area contributed by atoms with Crippen molar-refractivity contribution in [3.63, 3.8) is 0 Å². The van der Waals surface area contributed by atoms with Crippen LogP contribution in [0.15, 0.2) is 28.7 Å². The maximum atomic E-state index is 12.7. The first-order valence-corrected chi connectivity index (χ1v) is 9.28. The molecule has 22 heavy (non-hydrogen) atoms. The van der Waals surface area contributed by atoms with Crippen LogP contribution >= 0.6 is 15.9 Å². The number of benzene rings is 1. The Balaban J connectivity index is 1.59. The molecule has 0 unspecified atom stereocenters. The molecule has 2 aliphatic rings. The number of halogens is 1. The van der Waals surface area contributed by atoms with Crippen molar-refractivity contribution < 1.29 is 4.79 Å². The van der Waals surface area contributed by atoms with Gasteiger partial charge in [-0.05, 0) is 50.3 Å². The number of carbonyl (C=O) groups is 1. The van der Waals surface area contributed by atoms with E-state index in [2.05, 4.69) is 43.9 Å². The number of piperidine rings is 2. The van der Waals surface area contributed by atoms with Crippen molar-refractivity contribution in [1.29, 1.82) is 0 Å². The van der Waals surface area contributed by atoms with Gasteiger partial charge >= 0.3 is 0 Å². The van der Waals surface area contributed by atoms with E-state index in [1.165, 1.54) is 29.3 Å². The molecular weight excluding hydrogens is 340 g/mol. The molecule has 2 saturated heterocycles. The van der Waals surface area contributed by atoms with E-state index < -0.39 is 0 Å². The first-order valence-electron chi connectivity index (χ1n) is 8.48. The van der Waals surface area contributed by atoms with Crippen LogP contribution in [0.2, 0.25) is 0 Å². The van der Waals surface area contributed by atoms with E-state index in [4.69, 9.17) is 0 Å². The van der Waals surface area contributed by atoms with Gasteiger partial charge in [-0.3, -0.25) is 9.69 Å². The summed E-state index contributed by atoms with van der Waals surface area (Å²) in [6.45, 7) is 4.89. The van der Waals surface area contributed by atoms with Crippen molar-refractivity contribution in [2.24, 2.45) is 5.92 Å². The number of nitrogens with zero attached hydrogens (tertiary/aromatic N) is 2. The van der Waals surface area contributed by atoms with Gasteiger partial charge < -0.3 is 4.90 Å². The van der Waals surface area contributed by atoms with Crippen molar-refractivity contribution in [3.05, 3.63) is 34.3 Å². The second-order valence-electron chi connectivity index (χ2n) is 6.55. The SMILES string of the molecule is O=C([C@@H]1CCCN(Cc2ccccc2Br)C1)N1CCCCC1. The molecule has 0 N–H and O–H groups in total. The van der Waals surface area contributed by atoms with Gasteiger partial charge in [-0.1, -0.05) is 34.1 Å². The Morgan fingerprint density at radius 2 is 1.86 bits per heavy atom. The van der Waals surface area contributed by atoms with Crippen LogP contribution in [0, 0.1) is 5.92 Å². The topological polar surface area (TPSA) is 23.6 Å². The predicted molar refractivity (Wildman–Crippen MR) is 92.6 cm³/mol. The molecule has 0 aliphatic carbocycles. The molecule has 2 fully saturated rings. The maximum absolute atomic E-state index is 12.7. The van der Waals surface area contributed by atoms with Crippen molar-refractivity contribution in [1.82, 2.24) is 9.80 Å². The molecule has 1 atom stereocenters. The van der Waals surface area contributed by atoms with Crippen LogP contribution in [0.1, 0.15) is 37.7 Å². The summed E-state index contributed by atoms with van der Waals surface area (Å²) in [5.74, 6) is 0.603. The summed E-state index contributed by atoms with van der Waals surface area (Å²) >= 11 is 3.63. The van der Waals surface area contributed by atoms with Gasteiger partial charge in [0.05, 0.1) is 5.92 Å². The van der Waals surface area contributed by atoms with E-state index >= 15 is 0 Å². The molecule has 3 rings (SSSR count). The number of hydrogen-bond donors (Lipinski definition) is 0. The molecule has 4 heteroatoms. The number of rotatable bonds is 3. The van der Waals surface area contributed by atoms with Crippen LogP contribution in [0.4, 0.5) is 0 Å². The Bertz CT molecular complexity index is 514. The Hall–Kier alpha value is -0.870. The first kappa shape index (κ1) is 16.0. The number of carbonyl (C=O) groups excluding carboxylic acids is 1. The monoisotopic (exact) mass is 364 g/mol. The van der Waals surface area contributed by atoms with Crippen molar-refractivity contribution in [2.75, 3.05) is 26.2 Å². The zero-order chi connectivity index (χ0) is 15.4. The number of likely N-dealkylation sites (tertiary alicyclic amines) is 2. The zero-order valence-electron chi connectivity index (χ0n) is 13.1. The molecule has 0 saturated carbocycles. The zero-order valence-corrected chi connectivity index (χ0v) is 14.7. The minimum atomic E-state index is 0.203. The largest absolute Gasteiger partial charge is 0.342 e. The Kier molecular flexibility index (Phi) is 5.53. The lowest BCUT2D eigenvalue weighted by Crippen LogP contribution is -2.46. The van der Waals surface area contributed by atoms with Crippen LogP contribution in [0.25, 0.3) is 0 Å². The van der Waals surface area contributed by atoms with Crippen LogP contribution in [-0.4, -0.2) is 41.9 Å². The summed E-state index contributed by atoms with van der Waals surface area (Å²) in [4.78, 5) is 17.3. The molecule has 0 radical (unpaired) electrons. The minimum Gasteiger partial charge on any atom is -0.342 e. The summed E-state index contributed by atoms with van der Waals surface area (Å²) in [5.41, 5.74) is 1.31. The lowest BCUT2D eigenvalue weighted by Gasteiger charge is -2.36. The predicted octanol–water partition coefficient (Wildman–Crippen LogP) is 3.67. The van der Waals surface area contributed by atoms with Gasteiger partial charge in [0.1, 0.15) is 0 Å².